The van der Waals surface area contributed by atoms with Gasteiger partial charge in [-0.3, -0.25) is 4.90 Å². The van der Waals surface area contributed by atoms with Crippen molar-refractivity contribution in [3.05, 3.63) is 30.1 Å². The van der Waals surface area contributed by atoms with E-state index in [1.807, 2.05) is 45.0 Å². The average molecular weight is 330 g/mol. The van der Waals surface area contributed by atoms with Crippen molar-refractivity contribution in [3.63, 3.8) is 0 Å². The summed E-state index contributed by atoms with van der Waals surface area (Å²) in [5, 5.41) is 3.00. The molecule has 1 saturated heterocycles. The molecule has 24 heavy (non-hydrogen) atoms. The minimum Gasteiger partial charge on any atom is -0.444 e. The molecule has 2 N–H and O–H groups in total. The number of imidazole rings is 1. The number of hydrogen-bond donors (Lipinski definition) is 2. The van der Waals surface area contributed by atoms with E-state index in [9.17, 15) is 4.79 Å². The van der Waals surface area contributed by atoms with Crippen molar-refractivity contribution < 1.29 is 9.53 Å². The number of likely N-dealkylation sites (tertiary alicyclic amines) is 1. The molecule has 0 spiro atoms. The fraction of sp³-hybridized carbons (Fsp3) is 0.556. The minimum absolute atomic E-state index is 0.0919. The normalized spacial score (nSPS) is 22.5. The number of aromatic amines is 1. The Hall–Kier alpha value is -2.08. The van der Waals surface area contributed by atoms with Crippen molar-refractivity contribution in [1.82, 2.24) is 20.2 Å². The molecule has 0 aliphatic carbocycles. The number of piperidine rings is 1. The van der Waals surface area contributed by atoms with Gasteiger partial charge in [0.2, 0.25) is 0 Å². The van der Waals surface area contributed by atoms with Crippen molar-refractivity contribution in [2.45, 2.75) is 51.3 Å². The van der Waals surface area contributed by atoms with E-state index in [1.165, 1.54) is 0 Å². The highest BCUT2D eigenvalue weighted by atomic mass is 16.6. The van der Waals surface area contributed by atoms with Crippen LogP contribution in [0.2, 0.25) is 0 Å². The van der Waals surface area contributed by atoms with Gasteiger partial charge >= 0.3 is 6.09 Å². The molecule has 1 aliphatic heterocycles. The molecule has 2 heterocycles. The molecule has 0 bridgehead atoms. The van der Waals surface area contributed by atoms with E-state index in [0.29, 0.717) is 0 Å². The van der Waals surface area contributed by atoms with E-state index in [0.717, 1.165) is 36.2 Å². The number of carbonyl (C=O) groups is 1. The summed E-state index contributed by atoms with van der Waals surface area (Å²) >= 11 is 0. The number of nitrogens with one attached hydrogen (secondary N) is 2. The van der Waals surface area contributed by atoms with Gasteiger partial charge in [0.15, 0.2) is 0 Å². The SMILES string of the molecule is CN1CCC(NC(=O)OC(C)(C)C)CC1c1nc2ccccc2[nH]1. The van der Waals surface area contributed by atoms with E-state index in [2.05, 4.69) is 22.2 Å². The molecule has 6 heteroatoms. The monoisotopic (exact) mass is 330 g/mol. The molecule has 1 aromatic heterocycles. The lowest BCUT2D eigenvalue weighted by Crippen LogP contribution is -2.46. The molecule has 130 valence electrons. The fourth-order valence-electron chi connectivity index (χ4n) is 3.14. The Bertz CT molecular complexity index is 686. The molecule has 6 nitrogen and oxygen atoms in total. The number of H-pyrrole nitrogens is 1. The van der Waals surface area contributed by atoms with Gasteiger partial charge < -0.3 is 15.0 Å². The molecular formula is C18H26N4O2. The van der Waals surface area contributed by atoms with Crippen LogP contribution in [-0.2, 0) is 4.74 Å². The summed E-state index contributed by atoms with van der Waals surface area (Å²) in [6.45, 7) is 6.53. The first-order chi connectivity index (χ1) is 11.3. The van der Waals surface area contributed by atoms with Gasteiger partial charge in [0.25, 0.3) is 0 Å². The van der Waals surface area contributed by atoms with E-state index in [1.54, 1.807) is 0 Å². The van der Waals surface area contributed by atoms with Gasteiger partial charge in [-0.2, -0.15) is 0 Å². The van der Waals surface area contributed by atoms with E-state index in [4.69, 9.17) is 9.72 Å². The molecule has 2 atom stereocenters. The summed E-state index contributed by atoms with van der Waals surface area (Å²) in [5.41, 5.74) is 1.54. The molecule has 1 amide bonds. The summed E-state index contributed by atoms with van der Waals surface area (Å²) in [6, 6.07) is 8.28. The largest absolute Gasteiger partial charge is 0.444 e. The molecule has 0 saturated carbocycles. The number of benzene rings is 1. The van der Waals surface area contributed by atoms with Gasteiger partial charge in [-0.1, -0.05) is 12.1 Å². The Morgan fingerprint density at radius 2 is 2.12 bits per heavy atom. The van der Waals surface area contributed by atoms with Crippen molar-refractivity contribution in [1.29, 1.82) is 0 Å². The molecule has 1 aromatic carbocycles. The first kappa shape index (κ1) is 16.8. The van der Waals surface area contributed by atoms with Crippen LogP contribution < -0.4 is 5.32 Å². The Morgan fingerprint density at radius 1 is 1.38 bits per heavy atom. The molecule has 1 fully saturated rings. The number of aromatic nitrogens is 2. The van der Waals surface area contributed by atoms with Crippen LogP contribution in [0.15, 0.2) is 24.3 Å². The van der Waals surface area contributed by atoms with Crippen LogP contribution in [0.25, 0.3) is 11.0 Å². The van der Waals surface area contributed by atoms with Crippen LogP contribution in [0.1, 0.15) is 45.5 Å². The molecule has 3 rings (SSSR count). The van der Waals surface area contributed by atoms with Gasteiger partial charge in [-0.25, -0.2) is 9.78 Å². The maximum Gasteiger partial charge on any atom is 0.407 e. The number of nitrogens with zero attached hydrogens (tertiary/aromatic N) is 2. The fourth-order valence-corrected chi connectivity index (χ4v) is 3.14. The maximum absolute atomic E-state index is 12.0. The number of carbonyl (C=O) groups excluding carboxylic acids is 1. The van der Waals surface area contributed by atoms with Crippen molar-refractivity contribution in [2.75, 3.05) is 13.6 Å². The van der Waals surface area contributed by atoms with Gasteiger partial charge in [-0.05, 0) is 52.8 Å². The van der Waals surface area contributed by atoms with Gasteiger partial charge in [0.1, 0.15) is 11.4 Å². The topological polar surface area (TPSA) is 70.2 Å². The first-order valence-electron chi connectivity index (χ1n) is 8.46. The van der Waals surface area contributed by atoms with Gasteiger partial charge in [0.05, 0.1) is 17.1 Å². The third-order valence-electron chi connectivity index (χ3n) is 4.31. The molecule has 2 aromatic rings. The summed E-state index contributed by atoms with van der Waals surface area (Å²) in [4.78, 5) is 22.4. The molecule has 2 unspecified atom stereocenters. The number of ether oxygens (including phenoxy) is 1. The third kappa shape index (κ3) is 3.87. The first-order valence-corrected chi connectivity index (χ1v) is 8.46. The Labute approximate surface area is 142 Å². The second kappa shape index (κ2) is 6.43. The maximum atomic E-state index is 12.0. The number of rotatable bonds is 2. The number of hydrogen-bond acceptors (Lipinski definition) is 4. The zero-order valence-corrected chi connectivity index (χ0v) is 14.8. The van der Waals surface area contributed by atoms with Crippen LogP contribution >= 0.6 is 0 Å². The Kier molecular flexibility index (Phi) is 4.49. The smallest absolute Gasteiger partial charge is 0.407 e. The van der Waals surface area contributed by atoms with E-state index in [-0.39, 0.29) is 18.2 Å². The highest BCUT2D eigenvalue weighted by Gasteiger charge is 2.31. The molecular weight excluding hydrogens is 304 g/mol. The van der Waals surface area contributed by atoms with Crippen molar-refractivity contribution in [3.8, 4) is 0 Å². The number of alkyl carbamates (subject to hydrolysis) is 1. The molecule has 1 aliphatic rings. The van der Waals surface area contributed by atoms with Crippen LogP contribution in [-0.4, -0.2) is 46.2 Å². The highest BCUT2D eigenvalue weighted by molar-refractivity contribution is 5.74. The predicted molar refractivity (Wildman–Crippen MR) is 93.9 cm³/mol. The lowest BCUT2D eigenvalue weighted by molar-refractivity contribution is 0.0460. The minimum atomic E-state index is -0.478. The van der Waals surface area contributed by atoms with Crippen LogP contribution in [0.3, 0.4) is 0 Å². The second-order valence-corrected chi connectivity index (χ2v) is 7.50. The van der Waals surface area contributed by atoms with Crippen molar-refractivity contribution in [2.24, 2.45) is 0 Å². The summed E-state index contributed by atoms with van der Waals surface area (Å²) in [6.07, 6.45) is 1.38. The Morgan fingerprint density at radius 3 is 2.83 bits per heavy atom. The van der Waals surface area contributed by atoms with Crippen LogP contribution in [0.4, 0.5) is 4.79 Å². The van der Waals surface area contributed by atoms with Crippen LogP contribution in [0.5, 0.6) is 0 Å². The molecule has 0 radical (unpaired) electrons. The van der Waals surface area contributed by atoms with E-state index >= 15 is 0 Å². The number of amides is 1. The highest BCUT2D eigenvalue weighted by Crippen LogP contribution is 2.29. The lowest BCUT2D eigenvalue weighted by Gasteiger charge is -2.36. The van der Waals surface area contributed by atoms with Gasteiger partial charge in [-0.15, -0.1) is 0 Å². The van der Waals surface area contributed by atoms with Crippen molar-refractivity contribution >= 4 is 17.1 Å². The number of para-hydroxylation sites is 2. The standard InChI is InChI=1S/C18H26N4O2/c1-18(2,3)24-17(23)19-12-9-10-22(4)15(11-12)16-20-13-7-5-6-8-14(13)21-16/h5-8,12,15H,9-11H2,1-4H3,(H,19,23)(H,20,21). The summed E-state index contributed by atoms with van der Waals surface area (Å²) in [7, 11) is 2.10. The summed E-state index contributed by atoms with van der Waals surface area (Å²) in [5.74, 6) is 0.953. The second-order valence-electron chi connectivity index (χ2n) is 7.50. The van der Waals surface area contributed by atoms with Crippen LogP contribution in [0, 0.1) is 0 Å². The average Bonchev–Trinajstić information content (AvgIpc) is 2.91. The quantitative estimate of drug-likeness (QED) is 0.887. The third-order valence-corrected chi connectivity index (χ3v) is 4.31. The zero-order chi connectivity index (χ0) is 17.3. The summed E-state index contributed by atoms with van der Waals surface area (Å²) < 4.78 is 5.37. The lowest BCUT2D eigenvalue weighted by atomic mass is 9.97. The predicted octanol–water partition coefficient (Wildman–Crippen LogP) is 3.22. The van der Waals surface area contributed by atoms with Gasteiger partial charge in [0, 0.05) is 12.6 Å². The number of fused-ring (bicyclic) bond motifs is 1. The zero-order valence-electron chi connectivity index (χ0n) is 14.8. The Balaban J connectivity index is 1.70. The van der Waals surface area contributed by atoms with E-state index < -0.39 is 5.60 Å².